The number of aromatic nitrogens is 1. The Labute approximate surface area is 150 Å². The number of nitrogens with zero attached hydrogens (tertiary/aromatic N) is 2. The Morgan fingerprint density at radius 2 is 2.12 bits per heavy atom. The van der Waals surface area contributed by atoms with Gasteiger partial charge in [-0.15, -0.1) is 4.72 Å². The summed E-state index contributed by atoms with van der Waals surface area (Å²) in [6.07, 6.45) is 2.21. The lowest BCUT2D eigenvalue weighted by Crippen LogP contribution is -2.50. The summed E-state index contributed by atoms with van der Waals surface area (Å²) < 4.78 is 29.2. The lowest BCUT2D eigenvalue weighted by atomic mass is 9.73. The minimum atomic E-state index is -1.32. The van der Waals surface area contributed by atoms with E-state index in [1.807, 2.05) is 20.8 Å². The summed E-state index contributed by atoms with van der Waals surface area (Å²) in [5.74, 6) is -0.410. The third kappa shape index (κ3) is 3.47. The molecule has 1 aromatic heterocycles. The van der Waals surface area contributed by atoms with Crippen molar-refractivity contribution in [3.05, 3.63) is 29.3 Å². The Hall–Kier alpha value is -1.38. The quantitative estimate of drug-likeness (QED) is 0.783. The van der Waals surface area contributed by atoms with Gasteiger partial charge in [-0.1, -0.05) is 0 Å². The second kappa shape index (κ2) is 6.41. The molecule has 1 aromatic rings. The maximum Gasteiger partial charge on any atom is 0.407 e. The van der Waals surface area contributed by atoms with Crippen LogP contribution in [0, 0.1) is 11.2 Å². The predicted octanol–water partition coefficient (Wildman–Crippen LogP) is 2.63. The van der Waals surface area contributed by atoms with Gasteiger partial charge in [-0.2, -0.15) is 0 Å². The van der Waals surface area contributed by atoms with E-state index in [4.69, 9.17) is 0 Å². The minimum absolute atomic E-state index is 0.282. The van der Waals surface area contributed by atoms with Crippen LogP contribution < -0.4 is 4.72 Å². The number of pyridine rings is 1. The molecule has 2 aliphatic rings. The Morgan fingerprint density at radius 3 is 2.68 bits per heavy atom. The number of carboxylic acid groups (broad SMARTS) is 1. The zero-order chi connectivity index (χ0) is 18.4. The van der Waals surface area contributed by atoms with Gasteiger partial charge in [0.25, 0.3) is 0 Å². The Kier molecular flexibility index (Phi) is 4.72. The summed E-state index contributed by atoms with van der Waals surface area (Å²) in [6, 6.07) is 1.18. The molecule has 0 saturated carbocycles. The van der Waals surface area contributed by atoms with E-state index in [1.54, 1.807) is 0 Å². The average Bonchev–Trinajstić information content (AvgIpc) is 2.80. The van der Waals surface area contributed by atoms with E-state index in [0.717, 1.165) is 11.3 Å². The number of carbonyl (C=O) groups is 1. The van der Waals surface area contributed by atoms with Gasteiger partial charge in [0.05, 0.1) is 12.2 Å². The van der Waals surface area contributed by atoms with Crippen molar-refractivity contribution in [2.45, 2.75) is 50.8 Å². The van der Waals surface area contributed by atoms with Gasteiger partial charge in [0.2, 0.25) is 0 Å². The van der Waals surface area contributed by atoms with Crippen LogP contribution in [0.15, 0.2) is 12.3 Å². The first kappa shape index (κ1) is 18.4. The molecule has 6 nitrogen and oxygen atoms in total. The van der Waals surface area contributed by atoms with Crippen LogP contribution in [0.4, 0.5) is 9.18 Å². The summed E-state index contributed by atoms with van der Waals surface area (Å²) in [6.45, 7) is 6.50. The zero-order valence-electron chi connectivity index (χ0n) is 14.7. The molecule has 1 aliphatic carbocycles. The van der Waals surface area contributed by atoms with Gasteiger partial charge in [0, 0.05) is 35.6 Å². The molecule has 0 bridgehead atoms. The average molecular weight is 369 g/mol. The topological polar surface area (TPSA) is 88.5 Å². The molecule has 1 fully saturated rings. The van der Waals surface area contributed by atoms with Crippen molar-refractivity contribution in [2.75, 3.05) is 13.1 Å². The van der Waals surface area contributed by atoms with Gasteiger partial charge in [0.15, 0.2) is 0 Å². The highest BCUT2D eigenvalue weighted by Crippen LogP contribution is 2.52. The molecule has 138 valence electrons. The molecule has 1 amide bonds. The Balaban J connectivity index is 1.91. The minimum Gasteiger partial charge on any atom is -0.598 e. The number of hydrogen-bond acceptors (Lipinski definition) is 4. The number of nitrogens with one attached hydrogen (secondary N) is 1. The maximum atomic E-state index is 13.8. The van der Waals surface area contributed by atoms with E-state index in [2.05, 4.69) is 9.71 Å². The molecule has 2 N–H and O–H groups in total. The van der Waals surface area contributed by atoms with Gasteiger partial charge in [-0.25, -0.2) is 9.18 Å². The molecule has 0 unspecified atom stereocenters. The monoisotopic (exact) mass is 369 g/mol. The first-order valence-electron chi connectivity index (χ1n) is 8.43. The zero-order valence-corrected chi connectivity index (χ0v) is 15.5. The summed E-state index contributed by atoms with van der Waals surface area (Å²) >= 11 is -1.32. The molecule has 0 radical (unpaired) electrons. The van der Waals surface area contributed by atoms with E-state index >= 15 is 0 Å². The number of piperidine rings is 1. The maximum absolute atomic E-state index is 13.8. The standard InChI is InChI=1S/C17H24FN3O3S/c1-16(2,3)25(24)20-14-12-8-11(18)10-19-13(12)9-17(14)4-6-21(7-5-17)15(22)23/h8,10,14,20H,4-7,9H2,1-3H3,(H,22,23)/t14-,25-/m1/s1. The summed E-state index contributed by atoms with van der Waals surface area (Å²) in [5.41, 5.74) is 1.28. The van der Waals surface area contributed by atoms with Gasteiger partial charge < -0.3 is 14.6 Å². The van der Waals surface area contributed by atoms with Crippen LogP contribution >= 0.6 is 0 Å². The molecule has 8 heteroatoms. The second-order valence-corrected chi connectivity index (χ2v) is 9.93. The normalized spacial score (nSPS) is 23.6. The van der Waals surface area contributed by atoms with Gasteiger partial charge in [-0.3, -0.25) is 4.98 Å². The molecule has 1 saturated heterocycles. The number of amides is 1. The van der Waals surface area contributed by atoms with Gasteiger partial charge in [-0.05, 0) is 51.7 Å². The van der Waals surface area contributed by atoms with Crippen LogP contribution in [0.3, 0.4) is 0 Å². The fourth-order valence-electron chi connectivity index (χ4n) is 3.73. The van der Waals surface area contributed by atoms with Crippen molar-refractivity contribution in [1.29, 1.82) is 0 Å². The van der Waals surface area contributed by atoms with Crippen molar-refractivity contribution in [1.82, 2.24) is 14.6 Å². The van der Waals surface area contributed by atoms with E-state index in [1.165, 1.54) is 17.2 Å². The SMILES string of the molecule is CC(C)(C)[S@@+]([O-])N[C@@H]1c2cc(F)cnc2CC12CCN(C(=O)O)CC2. The molecule has 3 rings (SSSR count). The van der Waals surface area contributed by atoms with Crippen molar-refractivity contribution in [3.63, 3.8) is 0 Å². The van der Waals surface area contributed by atoms with Crippen molar-refractivity contribution in [3.8, 4) is 0 Å². The predicted molar refractivity (Wildman–Crippen MR) is 92.9 cm³/mol. The number of halogens is 1. The molecule has 25 heavy (non-hydrogen) atoms. The second-order valence-electron chi connectivity index (χ2n) is 7.93. The highest BCUT2D eigenvalue weighted by Gasteiger charge is 2.51. The van der Waals surface area contributed by atoms with E-state index in [0.29, 0.717) is 32.4 Å². The van der Waals surface area contributed by atoms with E-state index in [-0.39, 0.29) is 11.5 Å². The lowest BCUT2D eigenvalue weighted by Gasteiger charge is -2.42. The van der Waals surface area contributed by atoms with Crippen LogP contribution in [0.2, 0.25) is 0 Å². The molecule has 2 atom stereocenters. The van der Waals surface area contributed by atoms with Crippen LogP contribution in [0.5, 0.6) is 0 Å². The molecule has 1 spiro atoms. The first-order chi connectivity index (χ1) is 11.6. The summed E-state index contributed by atoms with van der Waals surface area (Å²) in [5, 5.41) is 9.20. The Morgan fingerprint density at radius 1 is 1.48 bits per heavy atom. The largest absolute Gasteiger partial charge is 0.598 e. The number of likely N-dealkylation sites (tertiary alicyclic amines) is 1. The van der Waals surface area contributed by atoms with Gasteiger partial charge in [0.1, 0.15) is 10.6 Å². The molecule has 0 aromatic carbocycles. The molecule has 1 aliphatic heterocycles. The van der Waals surface area contributed by atoms with Gasteiger partial charge >= 0.3 is 6.09 Å². The number of hydrogen-bond donors (Lipinski definition) is 2. The van der Waals surface area contributed by atoms with Crippen LogP contribution in [-0.2, 0) is 17.8 Å². The fourth-order valence-corrected chi connectivity index (χ4v) is 4.67. The smallest absolute Gasteiger partial charge is 0.407 e. The highest BCUT2D eigenvalue weighted by molar-refractivity contribution is 7.90. The van der Waals surface area contributed by atoms with Crippen LogP contribution in [0.1, 0.15) is 50.9 Å². The van der Waals surface area contributed by atoms with Crippen LogP contribution in [-0.4, -0.2) is 43.5 Å². The molecule has 2 heterocycles. The third-order valence-corrected chi connectivity index (χ3v) is 6.79. The highest BCUT2D eigenvalue weighted by atomic mass is 32.2. The summed E-state index contributed by atoms with van der Waals surface area (Å²) in [7, 11) is 0. The first-order valence-corrected chi connectivity index (χ1v) is 9.58. The fraction of sp³-hybridized carbons (Fsp3) is 0.647. The van der Waals surface area contributed by atoms with Crippen LogP contribution in [0.25, 0.3) is 0 Å². The number of rotatable bonds is 2. The number of fused-ring (bicyclic) bond motifs is 1. The molecular formula is C17H24FN3O3S. The molecular weight excluding hydrogens is 345 g/mol. The van der Waals surface area contributed by atoms with Crippen molar-refractivity contribution in [2.24, 2.45) is 5.41 Å². The Bertz CT molecular complexity index is 672. The summed E-state index contributed by atoms with van der Waals surface area (Å²) in [4.78, 5) is 16.9. The van der Waals surface area contributed by atoms with E-state index < -0.39 is 28.0 Å². The van der Waals surface area contributed by atoms with E-state index in [9.17, 15) is 18.8 Å². The lowest BCUT2D eigenvalue weighted by molar-refractivity contribution is 0.0762. The van der Waals surface area contributed by atoms with Crippen molar-refractivity contribution < 1.29 is 18.8 Å². The van der Waals surface area contributed by atoms with Crippen molar-refractivity contribution >= 4 is 17.5 Å². The third-order valence-electron chi connectivity index (χ3n) is 5.22.